The molecule has 1 N–H and O–H groups in total. The number of likely N-dealkylation sites (tertiary alicyclic amines) is 1. The van der Waals surface area contributed by atoms with Gasteiger partial charge in [-0.2, -0.15) is 0 Å². The van der Waals surface area contributed by atoms with Crippen molar-refractivity contribution < 1.29 is 28.9 Å². The van der Waals surface area contributed by atoms with Crippen molar-refractivity contribution >= 4 is 29.1 Å². The number of carbonyl (C=O) groups excluding carboxylic acids is 2. The molecule has 7 nitrogen and oxygen atoms in total. The zero-order valence-electron chi connectivity index (χ0n) is 16.3. The van der Waals surface area contributed by atoms with Gasteiger partial charge in [-0.25, -0.2) is 0 Å². The maximum Gasteiger partial charge on any atom is 0.295 e. The summed E-state index contributed by atoms with van der Waals surface area (Å²) >= 11 is 6.15. The average molecular weight is 430 g/mol. The number of ether oxygens (including phenoxy) is 3. The van der Waals surface area contributed by atoms with Gasteiger partial charge in [-0.1, -0.05) is 23.7 Å². The molecular weight excluding hydrogens is 410 g/mol. The number of hydrogen-bond acceptors (Lipinski definition) is 6. The Labute approximate surface area is 178 Å². The van der Waals surface area contributed by atoms with Gasteiger partial charge in [-0.3, -0.25) is 9.59 Å². The molecule has 0 saturated carbocycles. The number of hydrogen-bond donors (Lipinski definition) is 1. The summed E-state index contributed by atoms with van der Waals surface area (Å²) in [6.45, 7) is 1.27. The third-order valence-corrected chi connectivity index (χ3v) is 5.29. The van der Waals surface area contributed by atoms with Crippen LogP contribution in [0.2, 0.25) is 5.02 Å². The number of halogens is 1. The van der Waals surface area contributed by atoms with Crippen molar-refractivity contribution in [3.8, 4) is 11.5 Å². The fourth-order valence-corrected chi connectivity index (χ4v) is 3.87. The molecule has 2 aromatic carbocycles. The van der Waals surface area contributed by atoms with E-state index in [2.05, 4.69) is 0 Å². The lowest BCUT2D eigenvalue weighted by molar-refractivity contribution is -0.140. The van der Waals surface area contributed by atoms with Gasteiger partial charge in [0.2, 0.25) is 0 Å². The third kappa shape index (κ3) is 3.62. The molecule has 2 heterocycles. The molecule has 1 fully saturated rings. The van der Waals surface area contributed by atoms with Gasteiger partial charge in [0.25, 0.3) is 11.7 Å². The monoisotopic (exact) mass is 429 g/mol. The summed E-state index contributed by atoms with van der Waals surface area (Å²) in [4.78, 5) is 27.1. The van der Waals surface area contributed by atoms with E-state index in [1.165, 1.54) is 12.0 Å². The molecule has 1 amide bonds. The predicted octanol–water partition coefficient (Wildman–Crippen LogP) is 3.18. The average Bonchev–Trinajstić information content (AvgIpc) is 3.01. The van der Waals surface area contributed by atoms with Crippen LogP contribution in [0.1, 0.15) is 17.2 Å². The number of aliphatic hydroxyl groups is 1. The van der Waals surface area contributed by atoms with Crippen molar-refractivity contribution in [2.75, 3.05) is 33.5 Å². The summed E-state index contributed by atoms with van der Waals surface area (Å²) in [5, 5.41) is 11.5. The summed E-state index contributed by atoms with van der Waals surface area (Å²) in [6.07, 6.45) is 0. The maximum absolute atomic E-state index is 12.9. The number of carbonyl (C=O) groups is 2. The summed E-state index contributed by atoms with van der Waals surface area (Å²) in [5.41, 5.74) is 0.975. The fourth-order valence-electron chi connectivity index (χ4n) is 3.67. The Balaban J connectivity index is 1.84. The van der Waals surface area contributed by atoms with Crippen molar-refractivity contribution in [3.05, 3.63) is 64.2 Å². The molecule has 1 saturated heterocycles. The molecule has 0 radical (unpaired) electrons. The zero-order chi connectivity index (χ0) is 21.3. The first kappa shape index (κ1) is 20.3. The standard InChI is InChI=1S/C22H20ClNO6/c1-28-8-7-24-19(13-3-2-4-15(23)11-13)18(21(26)22(24)27)20(25)14-5-6-16-17(12-14)30-10-9-29-16/h2-6,11-12,19,25H,7-10H2,1H3/b20-18-. The lowest BCUT2D eigenvalue weighted by Gasteiger charge is -2.25. The van der Waals surface area contributed by atoms with E-state index in [-0.39, 0.29) is 24.5 Å². The molecular formula is C22H20ClNO6. The van der Waals surface area contributed by atoms with Gasteiger partial charge < -0.3 is 24.2 Å². The lowest BCUT2D eigenvalue weighted by atomic mass is 9.95. The largest absolute Gasteiger partial charge is 0.507 e. The Hall–Kier alpha value is -3.03. The highest BCUT2D eigenvalue weighted by Crippen LogP contribution is 2.41. The maximum atomic E-state index is 12.9. The van der Waals surface area contributed by atoms with Crippen LogP contribution in [0, 0.1) is 0 Å². The molecule has 4 rings (SSSR count). The number of amides is 1. The van der Waals surface area contributed by atoms with Gasteiger partial charge in [0, 0.05) is 24.2 Å². The van der Waals surface area contributed by atoms with Crippen LogP contribution in [0.5, 0.6) is 11.5 Å². The number of Topliss-reactive ketones (excluding diaryl/α,β-unsaturated/α-hetero) is 1. The van der Waals surface area contributed by atoms with Crippen LogP contribution < -0.4 is 9.47 Å². The summed E-state index contributed by atoms with van der Waals surface area (Å²) in [5.74, 6) is -0.710. The first-order chi connectivity index (χ1) is 14.5. The van der Waals surface area contributed by atoms with Crippen LogP contribution in [-0.4, -0.2) is 55.2 Å². The van der Waals surface area contributed by atoms with E-state index in [9.17, 15) is 14.7 Å². The van der Waals surface area contributed by atoms with Crippen LogP contribution in [0.3, 0.4) is 0 Å². The second-order valence-corrected chi connectivity index (χ2v) is 7.34. The number of fused-ring (bicyclic) bond motifs is 1. The molecule has 0 aromatic heterocycles. The number of nitrogens with zero attached hydrogens (tertiary/aromatic N) is 1. The van der Waals surface area contributed by atoms with E-state index >= 15 is 0 Å². The summed E-state index contributed by atoms with van der Waals surface area (Å²) < 4.78 is 16.2. The van der Waals surface area contributed by atoms with Crippen LogP contribution in [-0.2, 0) is 14.3 Å². The number of ketones is 1. The first-order valence-corrected chi connectivity index (χ1v) is 9.82. The normalized spacial score (nSPS) is 19.9. The number of benzene rings is 2. The molecule has 0 bridgehead atoms. The number of aliphatic hydroxyl groups excluding tert-OH is 1. The van der Waals surface area contributed by atoms with Crippen molar-refractivity contribution in [2.24, 2.45) is 0 Å². The second kappa shape index (κ2) is 8.38. The molecule has 8 heteroatoms. The molecule has 30 heavy (non-hydrogen) atoms. The van der Waals surface area contributed by atoms with Gasteiger partial charge in [0.05, 0.1) is 18.2 Å². The summed E-state index contributed by atoms with van der Waals surface area (Å²) in [6, 6.07) is 11.0. The van der Waals surface area contributed by atoms with Crippen molar-refractivity contribution in [1.29, 1.82) is 0 Å². The molecule has 0 aliphatic carbocycles. The second-order valence-electron chi connectivity index (χ2n) is 6.90. The van der Waals surface area contributed by atoms with Crippen molar-refractivity contribution in [2.45, 2.75) is 6.04 Å². The Morgan fingerprint density at radius 1 is 1.17 bits per heavy atom. The Morgan fingerprint density at radius 2 is 1.93 bits per heavy atom. The third-order valence-electron chi connectivity index (χ3n) is 5.06. The van der Waals surface area contributed by atoms with E-state index in [0.29, 0.717) is 40.9 Å². The van der Waals surface area contributed by atoms with Crippen LogP contribution >= 0.6 is 11.6 Å². The van der Waals surface area contributed by atoms with Gasteiger partial charge >= 0.3 is 0 Å². The van der Waals surface area contributed by atoms with Crippen LogP contribution in [0.15, 0.2) is 48.0 Å². The van der Waals surface area contributed by atoms with E-state index in [1.807, 2.05) is 0 Å². The molecule has 1 unspecified atom stereocenters. The summed E-state index contributed by atoms with van der Waals surface area (Å²) in [7, 11) is 1.51. The predicted molar refractivity (Wildman–Crippen MR) is 110 cm³/mol. The van der Waals surface area contributed by atoms with E-state index < -0.39 is 17.7 Å². The van der Waals surface area contributed by atoms with Gasteiger partial charge in [0.1, 0.15) is 19.0 Å². The highest BCUT2D eigenvalue weighted by molar-refractivity contribution is 6.46. The zero-order valence-corrected chi connectivity index (χ0v) is 17.0. The Kier molecular flexibility index (Phi) is 5.65. The van der Waals surface area contributed by atoms with Gasteiger partial charge in [0.15, 0.2) is 11.5 Å². The molecule has 0 spiro atoms. The van der Waals surface area contributed by atoms with Gasteiger partial charge in [-0.15, -0.1) is 0 Å². The Bertz CT molecular complexity index is 1030. The highest BCUT2D eigenvalue weighted by atomic mass is 35.5. The minimum absolute atomic E-state index is 0.00459. The first-order valence-electron chi connectivity index (χ1n) is 9.44. The van der Waals surface area contributed by atoms with Crippen LogP contribution in [0.25, 0.3) is 5.76 Å². The quantitative estimate of drug-likeness (QED) is 0.446. The van der Waals surface area contributed by atoms with E-state index in [1.54, 1.807) is 42.5 Å². The molecule has 156 valence electrons. The smallest absolute Gasteiger partial charge is 0.295 e. The fraction of sp³-hybridized carbons (Fsp3) is 0.273. The number of rotatable bonds is 5. The number of methoxy groups -OCH3 is 1. The molecule has 2 aromatic rings. The minimum atomic E-state index is -0.785. The molecule has 1 atom stereocenters. The van der Waals surface area contributed by atoms with Gasteiger partial charge in [-0.05, 0) is 35.9 Å². The topological polar surface area (TPSA) is 85.3 Å². The van der Waals surface area contributed by atoms with Crippen molar-refractivity contribution in [3.63, 3.8) is 0 Å². The molecule has 2 aliphatic rings. The highest BCUT2D eigenvalue weighted by Gasteiger charge is 2.46. The molecule has 2 aliphatic heterocycles. The van der Waals surface area contributed by atoms with Crippen molar-refractivity contribution in [1.82, 2.24) is 4.90 Å². The lowest BCUT2D eigenvalue weighted by Crippen LogP contribution is -2.32. The van der Waals surface area contributed by atoms with E-state index in [4.69, 9.17) is 25.8 Å². The SMILES string of the molecule is COCCN1C(=O)C(=O)/C(=C(\O)c2ccc3c(c2)OCCO3)C1c1cccc(Cl)c1. The van der Waals surface area contributed by atoms with Crippen LogP contribution in [0.4, 0.5) is 0 Å². The minimum Gasteiger partial charge on any atom is -0.507 e. The Morgan fingerprint density at radius 3 is 2.67 bits per heavy atom. The van der Waals surface area contributed by atoms with E-state index in [0.717, 1.165) is 0 Å².